The highest BCUT2D eigenvalue weighted by molar-refractivity contribution is 9.10. The molecule has 0 heterocycles. The number of benzene rings is 2. The first-order chi connectivity index (χ1) is 11.5. The lowest BCUT2D eigenvalue weighted by atomic mass is 10.1. The zero-order valence-electron chi connectivity index (χ0n) is 12.8. The highest BCUT2D eigenvalue weighted by Gasteiger charge is 2.29. The summed E-state index contributed by atoms with van der Waals surface area (Å²) in [6.07, 6.45) is 1.92. The predicted octanol–water partition coefficient (Wildman–Crippen LogP) is 3.87. The van der Waals surface area contributed by atoms with Gasteiger partial charge >= 0.3 is 0 Å². The van der Waals surface area contributed by atoms with Gasteiger partial charge in [0.15, 0.2) is 0 Å². The Morgan fingerprint density at radius 3 is 2.46 bits per heavy atom. The van der Waals surface area contributed by atoms with Crippen LogP contribution in [0, 0.1) is 11.7 Å². The maximum atomic E-state index is 13.7. The summed E-state index contributed by atoms with van der Waals surface area (Å²) in [6.45, 7) is 0.283. The molecule has 2 N–H and O–H groups in total. The molecule has 1 aliphatic rings. The molecule has 0 saturated heterocycles. The molecule has 0 atom stereocenters. The summed E-state index contributed by atoms with van der Waals surface area (Å²) in [5.41, 5.74) is 1.61. The van der Waals surface area contributed by atoms with E-state index < -0.39 is 11.7 Å². The maximum Gasteiger partial charge on any atom is 0.254 e. The second kappa shape index (κ2) is 7.13. The van der Waals surface area contributed by atoms with Gasteiger partial charge in [-0.1, -0.05) is 28.1 Å². The minimum atomic E-state index is -0.569. The van der Waals surface area contributed by atoms with Crippen molar-refractivity contribution in [3.05, 3.63) is 63.9 Å². The molecule has 1 saturated carbocycles. The van der Waals surface area contributed by atoms with Gasteiger partial charge in [0, 0.05) is 22.6 Å². The van der Waals surface area contributed by atoms with Crippen molar-refractivity contribution in [2.75, 3.05) is 5.32 Å². The average Bonchev–Trinajstić information content (AvgIpc) is 3.39. The third-order valence-corrected chi connectivity index (χ3v) is 4.29. The third-order valence-electron chi connectivity index (χ3n) is 3.80. The van der Waals surface area contributed by atoms with Crippen molar-refractivity contribution in [3.63, 3.8) is 0 Å². The fraction of sp³-hybridized carbons (Fsp3) is 0.222. The van der Waals surface area contributed by atoms with Crippen LogP contribution in [0.25, 0.3) is 0 Å². The first-order valence-electron chi connectivity index (χ1n) is 7.66. The van der Waals surface area contributed by atoms with Crippen molar-refractivity contribution in [1.82, 2.24) is 5.32 Å². The van der Waals surface area contributed by atoms with Crippen LogP contribution in [-0.2, 0) is 11.3 Å². The van der Waals surface area contributed by atoms with Crippen molar-refractivity contribution >= 4 is 33.4 Å². The van der Waals surface area contributed by atoms with E-state index in [1.807, 2.05) is 12.1 Å². The van der Waals surface area contributed by atoms with Crippen molar-refractivity contribution in [2.45, 2.75) is 19.4 Å². The molecule has 0 unspecified atom stereocenters. The van der Waals surface area contributed by atoms with E-state index in [0.29, 0.717) is 4.47 Å². The van der Waals surface area contributed by atoms with E-state index in [4.69, 9.17) is 0 Å². The molecule has 24 heavy (non-hydrogen) atoms. The average molecular weight is 391 g/mol. The minimum Gasteiger partial charge on any atom is -0.348 e. The van der Waals surface area contributed by atoms with Crippen LogP contribution in [0.15, 0.2) is 46.9 Å². The van der Waals surface area contributed by atoms with Gasteiger partial charge in [0.25, 0.3) is 5.91 Å². The number of rotatable bonds is 5. The molecule has 1 aliphatic carbocycles. The fourth-order valence-corrected chi connectivity index (χ4v) is 2.58. The molecule has 0 radical (unpaired) electrons. The molecule has 124 valence electrons. The number of carbonyl (C=O) groups is 2. The van der Waals surface area contributed by atoms with Crippen molar-refractivity contribution < 1.29 is 14.0 Å². The van der Waals surface area contributed by atoms with Crippen molar-refractivity contribution in [3.8, 4) is 0 Å². The molecule has 6 heteroatoms. The Morgan fingerprint density at radius 1 is 1.12 bits per heavy atom. The van der Waals surface area contributed by atoms with Crippen molar-refractivity contribution in [1.29, 1.82) is 0 Å². The summed E-state index contributed by atoms with van der Waals surface area (Å²) in [7, 11) is 0. The summed E-state index contributed by atoms with van der Waals surface area (Å²) in [5.74, 6) is -0.822. The van der Waals surface area contributed by atoms with Crippen LogP contribution in [0.4, 0.5) is 10.1 Å². The molecule has 2 aromatic rings. The van der Waals surface area contributed by atoms with Gasteiger partial charge in [0.1, 0.15) is 5.82 Å². The molecule has 0 aromatic heterocycles. The monoisotopic (exact) mass is 390 g/mol. The van der Waals surface area contributed by atoms with Crippen LogP contribution >= 0.6 is 15.9 Å². The Morgan fingerprint density at radius 2 is 1.83 bits per heavy atom. The van der Waals surface area contributed by atoms with Gasteiger partial charge in [-0.2, -0.15) is 0 Å². The maximum absolute atomic E-state index is 13.7. The van der Waals surface area contributed by atoms with Crippen LogP contribution in [-0.4, -0.2) is 11.8 Å². The van der Waals surface area contributed by atoms with E-state index in [1.54, 1.807) is 18.2 Å². The number of hydrogen-bond acceptors (Lipinski definition) is 2. The van der Waals surface area contributed by atoms with Gasteiger partial charge in [-0.25, -0.2) is 4.39 Å². The Kier molecular flexibility index (Phi) is 4.94. The van der Waals surface area contributed by atoms with Gasteiger partial charge in [0.05, 0.1) is 5.56 Å². The van der Waals surface area contributed by atoms with Crippen molar-refractivity contribution in [2.24, 2.45) is 5.92 Å². The summed E-state index contributed by atoms with van der Waals surface area (Å²) >= 11 is 3.16. The number of nitrogens with one attached hydrogen (secondary N) is 2. The Labute approximate surface area is 147 Å². The number of anilines is 1. The topological polar surface area (TPSA) is 58.2 Å². The Balaban J connectivity index is 1.56. The molecule has 2 amide bonds. The van der Waals surface area contributed by atoms with Crippen LogP contribution in [0.2, 0.25) is 0 Å². The second-order valence-corrected chi connectivity index (χ2v) is 6.68. The SMILES string of the molecule is O=C(NCc1ccc(NC(=O)C2CC2)cc1)c1ccc(Br)cc1F. The van der Waals surface area contributed by atoms with Crippen LogP contribution in [0.3, 0.4) is 0 Å². The van der Waals surface area contributed by atoms with E-state index in [0.717, 1.165) is 24.1 Å². The molecular formula is C18H16BrFN2O2. The molecule has 4 nitrogen and oxygen atoms in total. The predicted molar refractivity (Wildman–Crippen MR) is 93.1 cm³/mol. The molecule has 0 aliphatic heterocycles. The van der Waals surface area contributed by atoms with Crippen LogP contribution in [0.1, 0.15) is 28.8 Å². The largest absolute Gasteiger partial charge is 0.348 e. The second-order valence-electron chi connectivity index (χ2n) is 5.77. The van der Waals surface area contributed by atoms with Gasteiger partial charge < -0.3 is 10.6 Å². The van der Waals surface area contributed by atoms with E-state index >= 15 is 0 Å². The number of amides is 2. The number of carbonyl (C=O) groups excluding carboxylic acids is 2. The molecule has 0 bridgehead atoms. The quantitative estimate of drug-likeness (QED) is 0.813. The molecular weight excluding hydrogens is 375 g/mol. The van der Waals surface area contributed by atoms with Gasteiger partial charge in [0.2, 0.25) is 5.91 Å². The van der Waals surface area contributed by atoms with Gasteiger partial charge in [-0.05, 0) is 48.7 Å². The summed E-state index contributed by atoms with van der Waals surface area (Å²) in [5, 5.41) is 5.54. The lowest BCUT2D eigenvalue weighted by molar-refractivity contribution is -0.117. The van der Waals surface area contributed by atoms with E-state index in [2.05, 4.69) is 26.6 Å². The first-order valence-corrected chi connectivity index (χ1v) is 8.45. The zero-order chi connectivity index (χ0) is 17.1. The lowest BCUT2D eigenvalue weighted by Crippen LogP contribution is -2.23. The van der Waals surface area contributed by atoms with Crippen LogP contribution in [0.5, 0.6) is 0 Å². The summed E-state index contributed by atoms with van der Waals surface area (Å²) in [4.78, 5) is 23.7. The summed E-state index contributed by atoms with van der Waals surface area (Å²) < 4.78 is 14.3. The molecule has 2 aromatic carbocycles. The van der Waals surface area contributed by atoms with E-state index in [-0.39, 0.29) is 23.9 Å². The van der Waals surface area contributed by atoms with Gasteiger partial charge in [-0.3, -0.25) is 9.59 Å². The highest BCUT2D eigenvalue weighted by Crippen LogP contribution is 2.30. The lowest BCUT2D eigenvalue weighted by Gasteiger charge is -2.08. The Hall–Kier alpha value is -2.21. The fourth-order valence-electron chi connectivity index (χ4n) is 2.25. The Bertz CT molecular complexity index is 773. The van der Waals surface area contributed by atoms with Crippen LogP contribution < -0.4 is 10.6 Å². The summed E-state index contributed by atoms with van der Waals surface area (Å²) in [6, 6.07) is 11.5. The molecule has 3 rings (SSSR count). The molecule has 0 spiro atoms. The van der Waals surface area contributed by atoms with E-state index in [1.165, 1.54) is 12.1 Å². The standard InChI is InChI=1S/C18H16BrFN2O2/c19-13-5-8-15(16(20)9-13)18(24)21-10-11-1-6-14(7-2-11)22-17(23)12-3-4-12/h1-2,5-9,12H,3-4,10H2,(H,21,24)(H,22,23). The first kappa shape index (κ1) is 16.6. The third kappa shape index (κ3) is 4.20. The normalized spacial score (nSPS) is 13.4. The molecule has 1 fully saturated rings. The zero-order valence-corrected chi connectivity index (χ0v) is 14.4. The van der Waals surface area contributed by atoms with Gasteiger partial charge in [-0.15, -0.1) is 0 Å². The highest BCUT2D eigenvalue weighted by atomic mass is 79.9. The van der Waals surface area contributed by atoms with E-state index in [9.17, 15) is 14.0 Å². The number of halogens is 2. The smallest absolute Gasteiger partial charge is 0.254 e. The number of hydrogen-bond donors (Lipinski definition) is 2. The minimum absolute atomic E-state index is 0.00603.